The van der Waals surface area contributed by atoms with E-state index in [1.165, 1.54) is 65.6 Å². The molecule has 0 aliphatic carbocycles. The van der Waals surface area contributed by atoms with Crippen LogP contribution in [0.15, 0.2) is 212 Å². The summed E-state index contributed by atoms with van der Waals surface area (Å²) >= 11 is 0. The van der Waals surface area contributed by atoms with Crippen LogP contribution in [0, 0.1) is 0 Å². The largest absolute Gasteiger partial charge is 0.309 e. The summed E-state index contributed by atoms with van der Waals surface area (Å²) in [7, 11) is 0. The molecule has 0 saturated carbocycles. The van der Waals surface area contributed by atoms with Crippen molar-refractivity contribution in [3.8, 4) is 50.5 Å². The van der Waals surface area contributed by atoms with E-state index < -0.39 is 0 Å². The quantitative estimate of drug-likeness (QED) is 0.175. The van der Waals surface area contributed by atoms with Gasteiger partial charge in [-0.25, -0.2) is 9.97 Å². The molecule has 0 atom stereocenters. The molecule has 0 spiro atoms. The van der Waals surface area contributed by atoms with Crippen LogP contribution in [-0.4, -0.2) is 14.5 Å². The maximum Gasteiger partial charge on any atom is 0.0979 e. The SMILES string of the molecule is c1ccc(-c2ccc(-c3nc4ccccc4nc3-c3ccc(-n4c5ccc6ccccc6c5c5c6ccccc6c(-c6ccccc6)cc54)c4ccccc34)cc2)cc1. The van der Waals surface area contributed by atoms with Crippen LogP contribution in [-0.2, 0) is 0 Å². The normalized spacial score (nSPS) is 11.7. The van der Waals surface area contributed by atoms with Gasteiger partial charge in [-0.1, -0.05) is 176 Å². The lowest BCUT2D eigenvalue weighted by Crippen LogP contribution is -1.99. The fourth-order valence-electron chi connectivity index (χ4n) is 9.28. The molecule has 3 heteroatoms. The van der Waals surface area contributed by atoms with Crippen molar-refractivity contribution < 1.29 is 0 Å². The molecular weight excluding hydrogens is 715 g/mol. The molecule has 0 aliphatic heterocycles. The van der Waals surface area contributed by atoms with E-state index >= 15 is 0 Å². The van der Waals surface area contributed by atoms with Crippen molar-refractivity contribution in [2.45, 2.75) is 0 Å². The molecule has 2 aromatic heterocycles. The van der Waals surface area contributed by atoms with Crippen molar-refractivity contribution in [3.05, 3.63) is 212 Å². The highest BCUT2D eigenvalue weighted by molar-refractivity contribution is 6.30. The summed E-state index contributed by atoms with van der Waals surface area (Å²) in [6, 6.07) is 76.2. The molecule has 274 valence electrons. The molecule has 12 aromatic rings. The zero-order valence-electron chi connectivity index (χ0n) is 32.0. The smallest absolute Gasteiger partial charge is 0.0979 e. The molecule has 59 heavy (non-hydrogen) atoms. The van der Waals surface area contributed by atoms with E-state index in [4.69, 9.17) is 9.97 Å². The van der Waals surface area contributed by atoms with Gasteiger partial charge in [-0.15, -0.1) is 0 Å². The average molecular weight is 750 g/mol. The second kappa shape index (κ2) is 13.4. The number of nitrogens with zero attached hydrogens (tertiary/aromatic N) is 3. The maximum atomic E-state index is 5.39. The Hall–Kier alpha value is -7.88. The number of fused-ring (bicyclic) bond motifs is 9. The first-order valence-electron chi connectivity index (χ1n) is 20.2. The second-order valence-electron chi connectivity index (χ2n) is 15.3. The van der Waals surface area contributed by atoms with Gasteiger partial charge in [0, 0.05) is 27.3 Å². The maximum absolute atomic E-state index is 5.39. The highest BCUT2D eigenvalue weighted by atomic mass is 15.0. The Morgan fingerprint density at radius 1 is 0.305 bits per heavy atom. The molecule has 3 nitrogen and oxygen atoms in total. The fourth-order valence-corrected chi connectivity index (χ4v) is 9.28. The van der Waals surface area contributed by atoms with E-state index in [1.807, 2.05) is 12.1 Å². The third-order valence-electron chi connectivity index (χ3n) is 12.0. The van der Waals surface area contributed by atoms with Crippen molar-refractivity contribution in [2.75, 3.05) is 0 Å². The monoisotopic (exact) mass is 749 g/mol. The van der Waals surface area contributed by atoms with Gasteiger partial charge < -0.3 is 4.57 Å². The van der Waals surface area contributed by atoms with Crippen molar-refractivity contribution in [1.29, 1.82) is 0 Å². The fraction of sp³-hybridized carbons (Fsp3) is 0. The van der Waals surface area contributed by atoms with Gasteiger partial charge in [0.1, 0.15) is 0 Å². The van der Waals surface area contributed by atoms with Crippen LogP contribution in [0.1, 0.15) is 0 Å². The van der Waals surface area contributed by atoms with E-state index in [2.05, 4.69) is 205 Å². The lowest BCUT2D eigenvalue weighted by molar-refractivity contribution is 1.20. The van der Waals surface area contributed by atoms with E-state index in [1.54, 1.807) is 0 Å². The summed E-state index contributed by atoms with van der Waals surface area (Å²) in [6.07, 6.45) is 0. The van der Waals surface area contributed by atoms with Gasteiger partial charge in [0.05, 0.1) is 39.1 Å². The van der Waals surface area contributed by atoms with Crippen molar-refractivity contribution in [2.24, 2.45) is 0 Å². The van der Waals surface area contributed by atoms with Crippen LogP contribution >= 0.6 is 0 Å². The van der Waals surface area contributed by atoms with Gasteiger partial charge >= 0.3 is 0 Å². The molecule has 0 amide bonds. The van der Waals surface area contributed by atoms with Crippen LogP contribution in [0.25, 0.3) is 116 Å². The zero-order chi connectivity index (χ0) is 38.9. The number of rotatable bonds is 5. The second-order valence-corrected chi connectivity index (χ2v) is 15.3. The first-order chi connectivity index (χ1) is 29.3. The molecule has 0 N–H and O–H groups in total. The molecule has 0 unspecified atom stereocenters. The minimum Gasteiger partial charge on any atom is -0.309 e. The van der Waals surface area contributed by atoms with E-state index in [9.17, 15) is 0 Å². The number of aromatic nitrogens is 3. The summed E-state index contributed by atoms with van der Waals surface area (Å²) in [4.78, 5) is 10.7. The Morgan fingerprint density at radius 3 is 1.56 bits per heavy atom. The van der Waals surface area contributed by atoms with Gasteiger partial charge in [0.25, 0.3) is 0 Å². The molecule has 0 bridgehead atoms. The van der Waals surface area contributed by atoms with E-state index in [-0.39, 0.29) is 0 Å². The van der Waals surface area contributed by atoms with Gasteiger partial charge in [0.15, 0.2) is 0 Å². The molecule has 0 fully saturated rings. The predicted molar refractivity (Wildman–Crippen MR) is 248 cm³/mol. The van der Waals surface area contributed by atoms with E-state index in [0.717, 1.165) is 50.0 Å². The summed E-state index contributed by atoms with van der Waals surface area (Å²) in [5.41, 5.74) is 13.8. The molecule has 0 radical (unpaired) electrons. The topological polar surface area (TPSA) is 30.7 Å². The first-order valence-corrected chi connectivity index (χ1v) is 20.2. The van der Waals surface area contributed by atoms with Crippen LogP contribution in [0.3, 0.4) is 0 Å². The lowest BCUT2D eigenvalue weighted by Gasteiger charge is -2.17. The molecule has 2 heterocycles. The van der Waals surface area contributed by atoms with Crippen molar-refractivity contribution in [3.63, 3.8) is 0 Å². The summed E-state index contributed by atoms with van der Waals surface area (Å²) < 4.78 is 2.50. The lowest BCUT2D eigenvalue weighted by atomic mass is 9.94. The predicted octanol–water partition coefficient (Wildman–Crippen LogP) is 14.9. The van der Waals surface area contributed by atoms with Gasteiger partial charge in [0.2, 0.25) is 0 Å². The number of hydrogen-bond acceptors (Lipinski definition) is 2. The Balaban J connectivity index is 1.15. The molecular formula is C56H35N3. The number of hydrogen-bond donors (Lipinski definition) is 0. The highest BCUT2D eigenvalue weighted by Gasteiger charge is 2.23. The molecule has 10 aromatic carbocycles. The number of para-hydroxylation sites is 2. The van der Waals surface area contributed by atoms with Crippen LogP contribution in [0.5, 0.6) is 0 Å². The molecule has 0 saturated heterocycles. The van der Waals surface area contributed by atoms with E-state index in [0.29, 0.717) is 0 Å². The Kier molecular flexibility index (Phi) is 7.54. The number of benzene rings is 10. The zero-order valence-corrected chi connectivity index (χ0v) is 32.0. The summed E-state index contributed by atoms with van der Waals surface area (Å²) in [5, 5.41) is 9.78. The van der Waals surface area contributed by atoms with Crippen LogP contribution < -0.4 is 0 Å². The molecule has 12 rings (SSSR count). The Labute approximate surface area is 341 Å². The van der Waals surface area contributed by atoms with Crippen LogP contribution in [0.4, 0.5) is 0 Å². The Bertz CT molecular complexity index is 3590. The first kappa shape index (κ1) is 33.3. The summed E-state index contributed by atoms with van der Waals surface area (Å²) in [6.45, 7) is 0. The van der Waals surface area contributed by atoms with Gasteiger partial charge in [-0.05, 0) is 85.6 Å². The van der Waals surface area contributed by atoms with Crippen molar-refractivity contribution >= 4 is 65.2 Å². The highest BCUT2D eigenvalue weighted by Crippen LogP contribution is 2.46. The average Bonchev–Trinajstić information content (AvgIpc) is 3.66. The third-order valence-corrected chi connectivity index (χ3v) is 12.0. The van der Waals surface area contributed by atoms with Gasteiger partial charge in [-0.2, -0.15) is 0 Å². The standard InChI is InChI=1S/C56H35N3/c1-3-15-36(16-4-1)37-27-29-40(30-28-37)55-56(58-49-26-14-13-25-48(49)57-55)46-32-34-50(44-23-11-9-21-42(44)46)59-51-33-31-39-19-7-8-20-41(39)53(51)54-45-24-12-10-22-43(45)47(35-52(54)59)38-17-5-2-6-18-38/h1-35H. The summed E-state index contributed by atoms with van der Waals surface area (Å²) in [5.74, 6) is 0. The van der Waals surface area contributed by atoms with Crippen molar-refractivity contribution in [1.82, 2.24) is 14.5 Å². The Morgan fingerprint density at radius 2 is 0.831 bits per heavy atom. The minimum absolute atomic E-state index is 0.864. The minimum atomic E-state index is 0.864. The third kappa shape index (κ3) is 5.29. The molecule has 0 aliphatic rings. The van der Waals surface area contributed by atoms with Crippen LogP contribution in [0.2, 0.25) is 0 Å². The van der Waals surface area contributed by atoms with Gasteiger partial charge in [-0.3, -0.25) is 0 Å².